The highest BCUT2D eigenvalue weighted by molar-refractivity contribution is 5.69. The molecule has 6 heteroatoms. The summed E-state index contributed by atoms with van der Waals surface area (Å²) in [4.78, 5) is 24.1. The van der Waals surface area contributed by atoms with E-state index in [0.29, 0.717) is 62.9 Å². The van der Waals surface area contributed by atoms with Crippen LogP contribution in [0, 0.1) is 0 Å². The fourth-order valence-electron chi connectivity index (χ4n) is 4.85. The second-order valence-electron chi connectivity index (χ2n) is 11.9. The molecule has 0 fully saturated rings. The first kappa shape index (κ1) is 33.8. The van der Waals surface area contributed by atoms with E-state index in [2.05, 4.69) is 13.8 Å². The molecule has 0 aromatic heterocycles. The maximum Gasteiger partial charge on any atom is 0.305 e. The van der Waals surface area contributed by atoms with Gasteiger partial charge in [0.05, 0.1) is 13.2 Å². The first-order chi connectivity index (χ1) is 17.9. The Labute approximate surface area is 231 Å². The third-order valence-electron chi connectivity index (χ3n) is 7.46. The summed E-state index contributed by atoms with van der Waals surface area (Å²) in [5.74, 6) is -0.0783. The smallest absolute Gasteiger partial charge is 0.305 e. The Bertz CT molecular complexity index is 773. The minimum absolute atomic E-state index is 0.140. The van der Waals surface area contributed by atoms with E-state index < -0.39 is 10.8 Å². The summed E-state index contributed by atoms with van der Waals surface area (Å²) >= 11 is 0. The summed E-state index contributed by atoms with van der Waals surface area (Å²) in [5.41, 5.74) is 0.474. The molecule has 0 aliphatic rings. The molecule has 1 aromatic rings. The van der Waals surface area contributed by atoms with Crippen LogP contribution in [0.5, 0.6) is 11.5 Å². The van der Waals surface area contributed by atoms with Crippen molar-refractivity contribution in [2.45, 2.75) is 142 Å². The maximum atomic E-state index is 12.1. The first-order valence-corrected chi connectivity index (χ1v) is 14.8. The van der Waals surface area contributed by atoms with Gasteiger partial charge in [0, 0.05) is 24.0 Å². The Morgan fingerprint density at radius 3 is 1.34 bits per heavy atom. The van der Waals surface area contributed by atoms with Gasteiger partial charge < -0.3 is 19.7 Å². The summed E-state index contributed by atoms with van der Waals surface area (Å²) in [6.07, 6.45) is 11.9. The number of benzene rings is 1. The molecule has 0 spiro atoms. The normalized spacial score (nSPS) is 11.9. The number of aromatic hydroxyl groups is 2. The van der Waals surface area contributed by atoms with Gasteiger partial charge >= 0.3 is 11.9 Å². The molecular formula is C32H54O6. The summed E-state index contributed by atoms with van der Waals surface area (Å²) in [6, 6.07) is 3.31. The highest BCUT2D eigenvalue weighted by Gasteiger charge is 2.30. The molecule has 0 radical (unpaired) electrons. The van der Waals surface area contributed by atoms with Crippen LogP contribution in [-0.2, 0) is 29.9 Å². The topological polar surface area (TPSA) is 93.1 Å². The maximum absolute atomic E-state index is 12.1. The number of ether oxygens (including phenoxy) is 2. The van der Waals surface area contributed by atoms with Gasteiger partial charge in [-0.2, -0.15) is 0 Å². The van der Waals surface area contributed by atoms with Crippen molar-refractivity contribution in [3.8, 4) is 11.5 Å². The Hall–Kier alpha value is -2.24. The van der Waals surface area contributed by atoms with Crippen molar-refractivity contribution in [1.82, 2.24) is 0 Å². The van der Waals surface area contributed by atoms with Crippen LogP contribution in [0.1, 0.15) is 143 Å². The zero-order valence-electron chi connectivity index (χ0n) is 25.0. The van der Waals surface area contributed by atoms with Gasteiger partial charge in [0.1, 0.15) is 11.5 Å². The van der Waals surface area contributed by atoms with Gasteiger partial charge in [-0.3, -0.25) is 9.59 Å². The summed E-state index contributed by atoms with van der Waals surface area (Å²) in [6.45, 7) is 13.3. The van der Waals surface area contributed by atoms with Crippen molar-refractivity contribution in [3.63, 3.8) is 0 Å². The van der Waals surface area contributed by atoms with Crippen LogP contribution >= 0.6 is 0 Å². The van der Waals surface area contributed by atoms with Crippen LogP contribution in [-0.4, -0.2) is 35.4 Å². The number of phenols is 2. The zero-order chi connectivity index (χ0) is 28.6. The van der Waals surface area contributed by atoms with Crippen molar-refractivity contribution >= 4 is 11.9 Å². The van der Waals surface area contributed by atoms with Gasteiger partial charge in [0.2, 0.25) is 0 Å². The SMILES string of the molecule is CCCCCCOC(=O)CCCC(C)(C)c1cc(O)c(C(C)(C)CCCC(=O)OCCCCCC)cc1O. The lowest BCUT2D eigenvalue weighted by Gasteiger charge is -2.30. The highest BCUT2D eigenvalue weighted by atomic mass is 16.5. The third-order valence-corrected chi connectivity index (χ3v) is 7.46. The Balaban J connectivity index is 2.61. The molecule has 0 bridgehead atoms. The lowest BCUT2D eigenvalue weighted by atomic mass is 9.75. The Morgan fingerprint density at radius 2 is 1.00 bits per heavy atom. The monoisotopic (exact) mass is 534 g/mol. The van der Waals surface area contributed by atoms with Gasteiger partial charge in [-0.15, -0.1) is 0 Å². The summed E-state index contributed by atoms with van der Waals surface area (Å²) < 4.78 is 10.7. The molecule has 0 amide bonds. The molecule has 0 saturated heterocycles. The number of hydrogen-bond acceptors (Lipinski definition) is 6. The van der Waals surface area contributed by atoms with Crippen LogP contribution in [0.4, 0.5) is 0 Å². The van der Waals surface area contributed by atoms with Crippen molar-refractivity contribution in [2.24, 2.45) is 0 Å². The number of carbonyl (C=O) groups is 2. The van der Waals surface area contributed by atoms with Crippen LogP contribution in [0.15, 0.2) is 12.1 Å². The predicted molar refractivity (Wildman–Crippen MR) is 154 cm³/mol. The number of unbranched alkanes of at least 4 members (excludes halogenated alkanes) is 6. The van der Waals surface area contributed by atoms with E-state index in [4.69, 9.17) is 9.47 Å². The van der Waals surface area contributed by atoms with E-state index in [1.165, 1.54) is 0 Å². The van der Waals surface area contributed by atoms with E-state index in [1.807, 2.05) is 27.7 Å². The van der Waals surface area contributed by atoms with E-state index >= 15 is 0 Å². The molecular weight excluding hydrogens is 480 g/mol. The fourth-order valence-corrected chi connectivity index (χ4v) is 4.85. The number of carbonyl (C=O) groups excluding carboxylic acids is 2. The molecule has 0 saturated carbocycles. The molecule has 0 aliphatic carbocycles. The number of esters is 2. The van der Waals surface area contributed by atoms with Crippen molar-refractivity contribution in [3.05, 3.63) is 23.3 Å². The minimum Gasteiger partial charge on any atom is -0.508 e. The third kappa shape index (κ3) is 12.5. The van der Waals surface area contributed by atoms with Crippen molar-refractivity contribution < 1.29 is 29.3 Å². The van der Waals surface area contributed by atoms with Crippen LogP contribution < -0.4 is 0 Å². The molecule has 38 heavy (non-hydrogen) atoms. The van der Waals surface area contributed by atoms with E-state index in [0.717, 1.165) is 51.4 Å². The largest absolute Gasteiger partial charge is 0.508 e. The predicted octanol–water partition coefficient (Wildman–Crippen LogP) is 8.24. The average molecular weight is 535 g/mol. The van der Waals surface area contributed by atoms with Gasteiger partial charge in [-0.1, -0.05) is 80.1 Å². The van der Waals surface area contributed by atoms with Crippen LogP contribution in [0.25, 0.3) is 0 Å². The van der Waals surface area contributed by atoms with E-state index in [9.17, 15) is 19.8 Å². The number of rotatable bonds is 20. The molecule has 218 valence electrons. The molecule has 0 aliphatic heterocycles. The Kier molecular flexibility index (Phi) is 15.4. The van der Waals surface area contributed by atoms with Crippen molar-refractivity contribution in [1.29, 1.82) is 0 Å². The van der Waals surface area contributed by atoms with E-state index in [-0.39, 0.29) is 23.4 Å². The molecule has 1 aromatic carbocycles. The number of hydrogen-bond donors (Lipinski definition) is 2. The average Bonchev–Trinajstić information content (AvgIpc) is 2.84. The fraction of sp³-hybridized carbons (Fsp3) is 0.750. The number of phenolic OH excluding ortho intramolecular Hbond substituents is 2. The quantitative estimate of drug-likeness (QED) is 0.0994. The van der Waals surface area contributed by atoms with Crippen molar-refractivity contribution in [2.75, 3.05) is 13.2 Å². The molecule has 1 rings (SSSR count). The Morgan fingerprint density at radius 1 is 0.632 bits per heavy atom. The van der Waals surface area contributed by atoms with E-state index in [1.54, 1.807) is 12.1 Å². The highest BCUT2D eigenvalue weighted by Crippen LogP contribution is 2.43. The minimum atomic E-state index is -0.424. The van der Waals surface area contributed by atoms with Gasteiger partial charge in [-0.05, 0) is 61.5 Å². The van der Waals surface area contributed by atoms with Crippen LogP contribution in [0.2, 0.25) is 0 Å². The lowest BCUT2D eigenvalue weighted by Crippen LogP contribution is -2.21. The summed E-state index contributed by atoms with van der Waals surface area (Å²) in [7, 11) is 0. The second-order valence-corrected chi connectivity index (χ2v) is 11.9. The van der Waals surface area contributed by atoms with Gasteiger partial charge in [0.15, 0.2) is 0 Å². The molecule has 0 heterocycles. The molecule has 0 unspecified atom stereocenters. The van der Waals surface area contributed by atoms with Gasteiger partial charge in [-0.25, -0.2) is 0 Å². The summed E-state index contributed by atoms with van der Waals surface area (Å²) in [5, 5.41) is 21.8. The molecule has 2 N–H and O–H groups in total. The standard InChI is InChI=1S/C32H54O6/c1-7-9-11-13-21-37-29(35)17-15-19-31(3,4)25-23-28(34)26(24-27(25)33)32(5,6)20-16-18-30(36)38-22-14-12-10-8-2/h23-24,33-34H,7-22H2,1-6H3. The molecule has 0 atom stereocenters. The second kappa shape index (κ2) is 17.4. The molecule has 6 nitrogen and oxygen atoms in total. The van der Waals surface area contributed by atoms with Gasteiger partial charge in [0.25, 0.3) is 0 Å². The lowest BCUT2D eigenvalue weighted by molar-refractivity contribution is -0.144. The van der Waals surface area contributed by atoms with Crippen LogP contribution in [0.3, 0.4) is 0 Å². The zero-order valence-corrected chi connectivity index (χ0v) is 25.0. The first-order valence-electron chi connectivity index (χ1n) is 14.8.